The number of nitrogens with zero attached hydrogens (tertiary/aromatic N) is 2. The van der Waals surface area contributed by atoms with Gasteiger partial charge in [-0.2, -0.15) is 0 Å². The van der Waals surface area contributed by atoms with Crippen molar-refractivity contribution >= 4 is 5.78 Å². The van der Waals surface area contributed by atoms with Crippen LogP contribution in [0.3, 0.4) is 0 Å². The lowest BCUT2D eigenvalue weighted by molar-refractivity contribution is -0.0249. The van der Waals surface area contributed by atoms with Gasteiger partial charge in [-0.1, -0.05) is 36.8 Å². The summed E-state index contributed by atoms with van der Waals surface area (Å²) >= 11 is 0. The molecule has 2 aliphatic heterocycles. The molecular formula is C21H33FN4O. The molecule has 27 heavy (non-hydrogen) atoms. The second-order valence-corrected chi connectivity index (χ2v) is 8.02. The van der Waals surface area contributed by atoms with E-state index in [4.69, 9.17) is 11.5 Å². The molecule has 0 aliphatic carbocycles. The summed E-state index contributed by atoms with van der Waals surface area (Å²) in [5.74, 6) is -0.195. The van der Waals surface area contributed by atoms with Crippen molar-refractivity contribution in [3.05, 3.63) is 35.9 Å². The highest BCUT2D eigenvalue weighted by molar-refractivity contribution is 5.99. The Morgan fingerprint density at radius 2 is 1.70 bits per heavy atom. The van der Waals surface area contributed by atoms with E-state index in [1.165, 1.54) is 19.3 Å². The van der Waals surface area contributed by atoms with Gasteiger partial charge in [0.25, 0.3) is 0 Å². The Kier molecular flexibility index (Phi) is 6.98. The van der Waals surface area contributed by atoms with E-state index in [9.17, 15) is 9.18 Å². The summed E-state index contributed by atoms with van der Waals surface area (Å²) in [4.78, 5) is 16.7. The summed E-state index contributed by atoms with van der Waals surface area (Å²) in [6, 6.07) is 8.08. The van der Waals surface area contributed by atoms with E-state index < -0.39 is 12.3 Å². The molecule has 6 heteroatoms. The molecule has 2 atom stereocenters. The SMILES string of the molecule is NCC1(N2CCCCC2)CCN(C(F)CC(N)C(=O)c2ccccc2)CC1. The number of alkyl halides is 1. The maximum atomic E-state index is 14.9. The highest BCUT2D eigenvalue weighted by Crippen LogP contribution is 2.32. The summed E-state index contributed by atoms with van der Waals surface area (Å²) in [5.41, 5.74) is 12.7. The fraction of sp³-hybridized carbons (Fsp3) is 0.667. The molecule has 1 aromatic rings. The van der Waals surface area contributed by atoms with Gasteiger partial charge in [0.2, 0.25) is 0 Å². The fourth-order valence-corrected chi connectivity index (χ4v) is 4.52. The number of carbonyl (C=O) groups is 1. The van der Waals surface area contributed by atoms with Crippen molar-refractivity contribution in [2.24, 2.45) is 11.5 Å². The van der Waals surface area contributed by atoms with Gasteiger partial charge in [0.15, 0.2) is 12.1 Å². The molecule has 0 amide bonds. The highest BCUT2D eigenvalue weighted by Gasteiger charge is 2.40. The minimum atomic E-state index is -1.19. The molecule has 2 heterocycles. The quantitative estimate of drug-likeness (QED) is 0.563. The number of rotatable bonds is 7. The number of hydrogen-bond acceptors (Lipinski definition) is 5. The van der Waals surface area contributed by atoms with E-state index in [1.54, 1.807) is 24.3 Å². The van der Waals surface area contributed by atoms with Gasteiger partial charge in [-0.15, -0.1) is 0 Å². The Morgan fingerprint density at radius 1 is 1.07 bits per heavy atom. The van der Waals surface area contributed by atoms with Gasteiger partial charge in [-0.3, -0.25) is 14.6 Å². The molecule has 4 N–H and O–H groups in total. The van der Waals surface area contributed by atoms with Crippen LogP contribution in [0.1, 0.15) is 48.9 Å². The third kappa shape index (κ3) is 4.74. The molecule has 5 nitrogen and oxygen atoms in total. The Morgan fingerprint density at radius 3 is 2.30 bits per heavy atom. The summed E-state index contributed by atoms with van der Waals surface area (Å²) in [7, 11) is 0. The number of likely N-dealkylation sites (tertiary alicyclic amines) is 2. The number of ketones is 1. The van der Waals surface area contributed by atoms with Crippen molar-refractivity contribution in [2.75, 3.05) is 32.7 Å². The molecule has 0 bridgehead atoms. The van der Waals surface area contributed by atoms with Gasteiger partial charge in [0, 0.05) is 37.2 Å². The fourth-order valence-electron chi connectivity index (χ4n) is 4.52. The highest BCUT2D eigenvalue weighted by atomic mass is 19.1. The van der Waals surface area contributed by atoms with Crippen LogP contribution in [0.25, 0.3) is 0 Å². The molecule has 150 valence electrons. The van der Waals surface area contributed by atoms with Crippen LogP contribution in [0.5, 0.6) is 0 Å². The third-order valence-electron chi connectivity index (χ3n) is 6.38. The second-order valence-electron chi connectivity index (χ2n) is 8.02. The Hall–Kier alpha value is -1.34. The van der Waals surface area contributed by atoms with Crippen LogP contribution in [-0.2, 0) is 0 Å². The molecule has 0 saturated carbocycles. The van der Waals surface area contributed by atoms with E-state index in [-0.39, 0.29) is 17.7 Å². The van der Waals surface area contributed by atoms with E-state index in [0.717, 1.165) is 25.9 Å². The zero-order valence-corrected chi connectivity index (χ0v) is 16.2. The van der Waals surface area contributed by atoms with Gasteiger partial charge in [0.1, 0.15) is 0 Å². The lowest BCUT2D eigenvalue weighted by Gasteiger charge is -2.50. The summed E-state index contributed by atoms with van der Waals surface area (Å²) in [6.07, 6.45) is 4.36. The Labute approximate surface area is 161 Å². The van der Waals surface area contributed by atoms with Gasteiger partial charge >= 0.3 is 0 Å². The van der Waals surface area contributed by atoms with Crippen LogP contribution in [0, 0.1) is 0 Å². The molecule has 1 aromatic carbocycles. The zero-order valence-electron chi connectivity index (χ0n) is 16.2. The molecular weight excluding hydrogens is 343 g/mol. The minimum Gasteiger partial charge on any atom is -0.329 e. The first-order chi connectivity index (χ1) is 13.1. The number of piperidine rings is 2. The van der Waals surface area contributed by atoms with Crippen LogP contribution >= 0.6 is 0 Å². The van der Waals surface area contributed by atoms with E-state index in [2.05, 4.69) is 4.90 Å². The normalized spacial score (nSPS) is 23.7. The van der Waals surface area contributed by atoms with Crippen LogP contribution in [-0.4, -0.2) is 66.2 Å². The monoisotopic (exact) mass is 376 g/mol. The number of benzene rings is 1. The number of nitrogens with two attached hydrogens (primary N) is 2. The van der Waals surface area contributed by atoms with Crippen LogP contribution in [0.4, 0.5) is 4.39 Å². The number of hydrogen-bond donors (Lipinski definition) is 2. The largest absolute Gasteiger partial charge is 0.329 e. The Balaban J connectivity index is 1.53. The first kappa shape index (κ1) is 20.4. The van der Waals surface area contributed by atoms with Crippen LogP contribution in [0.15, 0.2) is 30.3 Å². The van der Waals surface area contributed by atoms with Crippen molar-refractivity contribution in [1.82, 2.24) is 9.80 Å². The van der Waals surface area contributed by atoms with E-state index in [1.807, 2.05) is 11.0 Å². The molecule has 0 aromatic heterocycles. The standard InChI is InChI=1S/C21H33FN4O/c22-19(15-18(24)20(27)17-7-3-1-4-8-17)25-13-9-21(16-23,10-14-25)26-11-5-2-6-12-26/h1,3-4,7-8,18-19H,2,5-6,9-16,23-24H2. The maximum Gasteiger partial charge on any atom is 0.179 e. The second kappa shape index (κ2) is 9.24. The topological polar surface area (TPSA) is 75.6 Å². The van der Waals surface area contributed by atoms with Crippen molar-refractivity contribution in [3.8, 4) is 0 Å². The molecule has 2 fully saturated rings. The van der Waals surface area contributed by atoms with E-state index in [0.29, 0.717) is 25.2 Å². The average Bonchev–Trinajstić information content (AvgIpc) is 2.74. The summed E-state index contributed by atoms with van der Waals surface area (Å²) in [5, 5.41) is 0. The predicted octanol–water partition coefficient (Wildman–Crippen LogP) is 2.16. The first-order valence-electron chi connectivity index (χ1n) is 10.2. The van der Waals surface area contributed by atoms with E-state index >= 15 is 0 Å². The number of Topliss-reactive ketones (excluding diaryl/α,β-unsaturated/α-hetero) is 1. The summed E-state index contributed by atoms with van der Waals surface area (Å²) in [6.45, 7) is 4.17. The zero-order chi connectivity index (χ0) is 19.3. The van der Waals surface area contributed by atoms with Crippen LogP contribution < -0.4 is 11.5 Å². The number of carbonyl (C=O) groups excluding carboxylic acids is 1. The molecule has 2 saturated heterocycles. The Bertz CT molecular complexity index is 597. The van der Waals surface area contributed by atoms with Crippen molar-refractivity contribution in [2.45, 2.75) is 56.4 Å². The van der Waals surface area contributed by atoms with Gasteiger partial charge < -0.3 is 11.5 Å². The molecule has 2 unspecified atom stereocenters. The van der Waals surface area contributed by atoms with Gasteiger partial charge in [0.05, 0.1) is 6.04 Å². The predicted molar refractivity (Wildman–Crippen MR) is 106 cm³/mol. The first-order valence-corrected chi connectivity index (χ1v) is 10.2. The molecule has 0 spiro atoms. The minimum absolute atomic E-state index is 0.0125. The van der Waals surface area contributed by atoms with Crippen LogP contribution in [0.2, 0.25) is 0 Å². The van der Waals surface area contributed by atoms with Gasteiger partial charge in [-0.05, 0) is 38.8 Å². The lowest BCUT2D eigenvalue weighted by atomic mass is 9.84. The summed E-state index contributed by atoms with van der Waals surface area (Å²) < 4.78 is 14.9. The van der Waals surface area contributed by atoms with Gasteiger partial charge in [-0.25, -0.2) is 4.39 Å². The maximum absolute atomic E-state index is 14.9. The van der Waals surface area contributed by atoms with Crippen molar-refractivity contribution in [3.63, 3.8) is 0 Å². The van der Waals surface area contributed by atoms with Crippen molar-refractivity contribution < 1.29 is 9.18 Å². The lowest BCUT2D eigenvalue weighted by Crippen LogP contribution is -2.61. The third-order valence-corrected chi connectivity index (χ3v) is 6.38. The smallest absolute Gasteiger partial charge is 0.179 e. The number of halogens is 1. The molecule has 0 radical (unpaired) electrons. The van der Waals surface area contributed by atoms with Crippen molar-refractivity contribution in [1.29, 1.82) is 0 Å². The molecule has 2 aliphatic rings. The molecule has 3 rings (SSSR count). The average molecular weight is 377 g/mol.